The molecule has 0 aliphatic carbocycles. The Morgan fingerprint density at radius 2 is 1.92 bits per heavy atom. The van der Waals surface area contributed by atoms with Crippen molar-refractivity contribution in [3.63, 3.8) is 0 Å². The third-order valence-corrected chi connectivity index (χ3v) is 4.36. The van der Waals surface area contributed by atoms with E-state index in [0.29, 0.717) is 11.4 Å². The van der Waals surface area contributed by atoms with E-state index < -0.39 is 0 Å². The topological polar surface area (TPSA) is 58.8 Å². The Morgan fingerprint density at radius 3 is 2.81 bits per heavy atom. The molecule has 0 unspecified atom stereocenters. The van der Waals surface area contributed by atoms with Gasteiger partial charge in [-0.2, -0.15) is 5.10 Å². The molecule has 0 fully saturated rings. The van der Waals surface area contributed by atoms with Crippen LogP contribution in [0.15, 0.2) is 65.9 Å². The Labute approximate surface area is 151 Å². The standard InChI is InChI=1S/C21H18N4O/c1-14-10-11-25-19(12-14)23-15(2)20(25)21(26)24-22-13-17-8-5-7-16-6-3-4-9-18(16)17/h3-13H,1-2H3,(H,24,26)/b22-13-. The van der Waals surface area contributed by atoms with E-state index in [9.17, 15) is 4.79 Å². The number of hydrogen-bond acceptors (Lipinski definition) is 3. The predicted molar refractivity (Wildman–Crippen MR) is 104 cm³/mol. The van der Waals surface area contributed by atoms with Crippen LogP contribution in [0.4, 0.5) is 0 Å². The second-order valence-corrected chi connectivity index (χ2v) is 6.25. The monoisotopic (exact) mass is 342 g/mol. The highest BCUT2D eigenvalue weighted by Crippen LogP contribution is 2.17. The van der Waals surface area contributed by atoms with Crippen LogP contribution in [0, 0.1) is 13.8 Å². The summed E-state index contributed by atoms with van der Waals surface area (Å²) in [4.78, 5) is 17.0. The first-order chi connectivity index (χ1) is 12.6. The van der Waals surface area contributed by atoms with Crippen LogP contribution < -0.4 is 5.43 Å². The molecule has 2 aromatic carbocycles. The molecular formula is C21H18N4O. The molecule has 0 bridgehead atoms. The molecule has 2 heterocycles. The number of aryl methyl sites for hydroxylation is 2. The van der Waals surface area contributed by atoms with E-state index in [1.54, 1.807) is 10.6 Å². The molecule has 4 aromatic rings. The fourth-order valence-electron chi connectivity index (χ4n) is 3.11. The first-order valence-electron chi connectivity index (χ1n) is 8.40. The van der Waals surface area contributed by atoms with Crippen LogP contribution in [-0.4, -0.2) is 21.5 Å². The molecule has 0 atom stereocenters. The van der Waals surface area contributed by atoms with E-state index >= 15 is 0 Å². The molecule has 128 valence electrons. The first-order valence-corrected chi connectivity index (χ1v) is 8.40. The van der Waals surface area contributed by atoms with Gasteiger partial charge in [-0.3, -0.25) is 9.20 Å². The molecule has 5 heteroatoms. The van der Waals surface area contributed by atoms with Gasteiger partial charge in [0.2, 0.25) is 0 Å². The van der Waals surface area contributed by atoms with Crippen molar-refractivity contribution in [2.24, 2.45) is 5.10 Å². The molecule has 0 spiro atoms. The van der Waals surface area contributed by atoms with Gasteiger partial charge in [-0.15, -0.1) is 0 Å². The third-order valence-electron chi connectivity index (χ3n) is 4.36. The van der Waals surface area contributed by atoms with Gasteiger partial charge in [0.25, 0.3) is 5.91 Å². The number of carbonyl (C=O) groups is 1. The number of hydrazone groups is 1. The fraction of sp³-hybridized carbons (Fsp3) is 0.0952. The summed E-state index contributed by atoms with van der Waals surface area (Å²) in [5.41, 5.74) is 6.59. The van der Waals surface area contributed by atoms with Crippen molar-refractivity contribution in [3.05, 3.63) is 83.3 Å². The summed E-state index contributed by atoms with van der Waals surface area (Å²) in [6.07, 6.45) is 3.52. The lowest BCUT2D eigenvalue weighted by Gasteiger charge is -2.03. The molecular weight excluding hydrogens is 324 g/mol. The van der Waals surface area contributed by atoms with Gasteiger partial charge in [-0.1, -0.05) is 42.5 Å². The van der Waals surface area contributed by atoms with Crippen LogP contribution in [0.5, 0.6) is 0 Å². The Morgan fingerprint density at radius 1 is 1.12 bits per heavy atom. The summed E-state index contributed by atoms with van der Waals surface area (Å²) in [6.45, 7) is 3.82. The van der Waals surface area contributed by atoms with Gasteiger partial charge in [0.05, 0.1) is 11.9 Å². The molecule has 2 aromatic heterocycles. The van der Waals surface area contributed by atoms with Gasteiger partial charge in [0.15, 0.2) is 0 Å². The third kappa shape index (κ3) is 2.84. The van der Waals surface area contributed by atoms with E-state index in [4.69, 9.17) is 0 Å². The largest absolute Gasteiger partial charge is 0.295 e. The quantitative estimate of drug-likeness (QED) is 0.454. The maximum atomic E-state index is 12.6. The van der Waals surface area contributed by atoms with Gasteiger partial charge < -0.3 is 0 Å². The van der Waals surface area contributed by atoms with E-state index in [0.717, 1.165) is 27.5 Å². The van der Waals surface area contributed by atoms with Crippen LogP contribution in [0.3, 0.4) is 0 Å². The second-order valence-electron chi connectivity index (χ2n) is 6.25. The number of fused-ring (bicyclic) bond motifs is 2. The van der Waals surface area contributed by atoms with Crippen molar-refractivity contribution in [3.8, 4) is 0 Å². The van der Waals surface area contributed by atoms with Crippen LogP contribution in [0.25, 0.3) is 16.4 Å². The minimum Gasteiger partial charge on any atom is -0.295 e. The van der Waals surface area contributed by atoms with Crippen molar-refractivity contribution in [1.82, 2.24) is 14.8 Å². The van der Waals surface area contributed by atoms with Crippen molar-refractivity contribution in [2.75, 3.05) is 0 Å². The number of rotatable bonds is 3. The Balaban J connectivity index is 1.61. The maximum Gasteiger partial charge on any atom is 0.290 e. The normalized spacial score (nSPS) is 11.5. The van der Waals surface area contributed by atoms with E-state index in [1.807, 2.05) is 62.5 Å². The molecule has 0 aliphatic heterocycles. The average molecular weight is 342 g/mol. The second kappa shape index (κ2) is 6.44. The van der Waals surface area contributed by atoms with Gasteiger partial charge in [0, 0.05) is 11.8 Å². The van der Waals surface area contributed by atoms with E-state index in [1.165, 1.54) is 0 Å². The van der Waals surface area contributed by atoms with Crippen molar-refractivity contribution < 1.29 is 4.79 Å². The first kappa shape index (κ1) is 16.0. The lowest BCUT2D eigenvalue weighted by Crippen LogP contribution is -2.20. The van der Waals surface area contributed by atoms with Gasteiger partial charge in [-0.25, -0.2) is 10.4 Å². The van der Waals surface area contributed by atoms with Gasteiger partial charge in [-0.05, 0) is 42.3 Å². The van der Waals surface area contributed by atoms with Gasteiger partial charge >= 0.3 is 0 Å². The number of nitrogens with zero attached hydrogens (tertiary/aromatic N) is 3. The summed E-state index contributed by atoms with van der Waals surface area (Å²) < 4.78 is 1.78. The number of hydrogen-bond donors (Lipinski definition) is 1. The summed E-state index contributed by atoms with van der Waals surface area (Å²) in [6, 6.07) is 18.0. The Kier molecular flexibility index (Phi) is 3.97. The molecule has 5 nitrogen and oxygen atoms in total. The molecule has 0 saturated heterocycles. The SMILES string of the molecule is Cc1ccn2c(C(=O)N/N=C\c3cccc4ccccc34)c(C)nc2c1. The zero-order chi connectivity index (χ0) is 18.1. The Bertz CT molecular complexity index is 1150. The number of benzene rings is 2. The van der Waals surface area contributed by atoms with Gasteiger partial charge in [0.1, 0.15) is 11.3 Å². The fourth-order valence-corrected chi connectivity index (χ4v) is 3.11. The number of nitrogens with one attached hydrogen (secondary N) is 1. The van der Waals surface area contributed by atoms with Crippen LogP contribution in [0.2, 0.25) is 0 Å². The number of imidazole rings is 1. The van der Waals surface area contributed by atoms with E-state index in [-0.39, 0.29) is 5.91 Å². The molecule has 0 aliphatic rings. The molecule has 0 radical (unpaired) electrons. The highest BCUT2D eigenvalue weighted by atomic mass is 16.2. The van der Waals surface area contributed by atoms with E-state index in [2.05, 4.69) is 27.6 Å². The predicted octanol–water partition coefficient (Wildman–Crippen LogP) is 3.87. The minimum atomic E-state index is -0.282. The maximum absolute atomic E-state index is 12.6. The zero-order valence-electron chi connectivity index (χ0n) is 14.6. The van der Waals surface area contributed by atoms with Crippen molar-refractivity contribution in [2.45, 2.75) is 13.8 Å². The lowest BCUT2D eigenvalue weighted by atomic mass is 10.1. The number of pyridine rings is 1. The number of amides is 1. The number of carbonyl (C=O) groups excluding carboxylic acids is 1. The summed E-state index contributed by atoms with van der Waals surface area (Å²) >= 11 is 0. The smallest absolute Gasteiger partial charge is 0.290 e. The summed E-state index contributed by atoms with van der Waals surface area (Å²) in [7, 11) is 0. The molecule has 26 heavy (non-hydrogen) atoms. The highest BCUT2D eigenvalue weighted by Gasteiger charge is 2.16. The van der Waals surface area contributed by atoms with Crippen LogP contribution in [-0.2, 0) is 0 Å². The lowest BCUT2D eigenvalue weighted by molar-refractivity contribution is 0.0948. The molecule has 0 saturated carbocycles. The molecule has 1 N–H and O–H groups in total. The minimum absolute atomic E-state index is 0.282. The van der Waals surface area contributed by atoms with Crippen LogP contribution >= 0.6 is 0 Å². The summed E-state index contributed by atoms with van der Waals surface area (Å²) in [5.74, 6) is -0.282. The summed E-state index contributed by atoms with van der Waals surface area (Å²) in [5, 5.41) is 6.37. The molecule has 1 amide bonds. The number of aromatic nitrogens is 2. The molecule has 4 rings (SSSR count). The van der Waals surface area contributed by atoms with Crippen molar-refractivity contribution in [1.29, 1.82) is 0 Å². The zero-order valence-corrected chi connectivity index (χ0v) is 14.6. The Hall–Kier alpha value is -3.47. The highest BCUT2D eigenvalue weighted by molar-refractivity contribution is 6.00. The average Bonchev–Trinajstić information content (AvgIpc) is 2.96. The van der Waals surface area contributed by atoms with Crippen molar-refractivity contribution >= 4 is 28.5 Å². The van der Waals surface area contributed by atoms with Crippen LogP contribution in [0.1, 0.15) is 27.3 Å².